The van der Waals surface area contributed by atoms with Crippen LogP contribution in [0.3, 0.4) is 0 Å². The van der Waals surface area contributed by atoms with Gasteiger partial charge in [0, 0.05) is 35.4 Å². The van der Waals surface area contributed by atoms with E-state index in [1.165, 1.54) is 0 Å². The van der Waals surface area contributed by atoms with Crippen LogP contribution in [0.25, 0.3) is 10.9 Å². The number of rotatable bonds is 4. The highest BCUT2D eigenvalue weighted by Gasteiger charge is 2.25. The first kappa shape index (κ1) is 15.7. The average Bonchev–Trinajstić information content (AvgIpc) is 3.10. The number of carbonyl (C=O) groups excluding carboxylic acids is 1. The van der Waals surface area contributed by atoms with Crippen LogP contribution in [0, 0.1) is 0 Å². The Hall–Kier alpha value is -2.22. The molecule has 1 aromatic heterocycles. The molecule has 1 aliphatic rings. The van der Waals surface area contributed by atoms with Crippen LogP contribution in [-0.4, -0.2) is 42.3 Å². The van der Waals surface area contributed by atoms with Gasteiger partial charge in [0.15, 0.2) is 0 Å². The molecule has 7 nitrogen and oxygen atoms in total. The van der Waals surface area contributed by atoms with E-state index in [0.717, 1.165) is 38.7 Å². The summed E-state index contributed by atoms with van der Waals surface area (Å²) in [5, 5.41) is 14.7. The number of benzene rings is 1. The Balaban J connectivity index is 2.16. The minimum Gasteiger partial charge on any atom is -0.493 e. The molecule has 2 aromatic rings. The fourth-order valence-electron chi connectivity index (χ4n) is 2.95. The molecular weight excluding hydrogens is 366 g/mol. The molecule has 0 saturated heterocycles. The summed E-state index contributed by atoms with van der Waals surface area (Å²) >= 11 is 3.51. The van der Waals surface area contributed by atoms with Gasteiger partial charge in [0.05, 0.1) is 12.1 Å². The van der Waals surface area contributed by atoms with Crippen molar-refractivity contribution in [1.29, 1.82) is 0 Å². The number of halogens is 1. The van der Waals surface area contributed by atoms with E-state index in [2.05, 4.69) is 31.5 Å². The molecule has 1 aromatic carbocycles. The summed E-state index contributed by atoms with van der Waals surface area (Å²) in [7, 11) is 1.57. The van der Waals surface area contributed by atoms with E-state index in [4.69, 9.17) is 9.84 Å². The quantitative estimate of drug-likeness (QED) is 0.650. The summed E-state index contributed by atoms with van der Waals surface area (Å²) in [6, 6.07) is 1.90. The maximum Gasteiger partial charge on any atom is 0.404 e. The van der Waals surface area contributed by atoms with Crippen LogP contribution < -0.4 is 15.4 Å². The van der Waals surface area contributed by atoms with Crippen molar-refractivity contribution >= 4 is 38.8 Å². The number of H-pyrrole nitrogens is 1. The van der Waals surface area contributed by atoms with Crippen molar-refractivity contribution in [3.05, 3.63) is 27.4 Å². The Morgan fingerprint density at radius 2 is 2.26 bits per heavy atom. The molecule has 2 heterocycles. The highest BCUT2D eigenvalue weighted by atomic mass is 79.9. The Morgan fingerprint density at radius 3 is 2.96 bits per heavy atom. The molecule has 23 heavy (non-hydrogen) atoms. The molecule has 0 saturated carbocycles. The van der Waals surface area contributed by atoms with Crippen LogP contribution in [0.1, 0.15) is 21.6 Å². The Bertz CT molecular complexity index is 800. The lowest BCUT2D eigenvalue weighted by Gasteiger charge is -2.07. The highest BCUT2D eigenvalue weighted by Crippen LogP contribution is 2.40. The third-order valence-electron chi connectivity index (χ3n) is 3.91. The molecule has 0 fully saturated rings. The van der Waals surface area contributed by atoms with Gasteiger partial charge < -0.3 is 25.5 Å². The van der Waals surface area contributed by atoms with Crippen LogP contribution in [0.4, 0.5) is 4.79 Å². The van der Waals surface area contributed by atoms with Crippen LogP contribution in [0.5, 0.6) is 5.75 Å². The molecular formula is C15H16BrN3O4. The SMILES string of the molecule is CNC(=O)c1[nH]c2c(Br)cc3c(c2c1CCNC(=O)O)CCO3. The minimum absolute atomic E-state index is 0.230. The maximum absolute atomic E-state index is 12.2. The first-order chi connectivity index (χ1) is 11.0. The number of aromatic amines is 1. The standard InChI is InChI=1S/C15H16BrN3O4/c1-17-14(20)12-8(2-4-18-15(21)22)11-7-3-5-23-10(7)6-9(16)13(11)19-12/h6,18-19H,2-5H2,1H3,(H,17,20)(H,21,22). The number of ether oxygens (including phenoxy) is 1. The van der Waals surface area contributed by atoms with E-state index >= 15 is 0 Å². The van der Waals surface area contributed by atoms with Crippen LogP contribution in [0.15, 0.2) is 10.5 Å². The first-order valence-corrected chi connectivity index (χ1v) is 7.99. The highest BCUT2D eigenvalue weighted by molar-refractivity contribution is 9.10. The van der Waals surface area contributed by atoms with Gasteiger partial charge in [-0.2, -0.15) is 0 Å². The zero-order valence-corrected chi connectivity index (χ0v) is 14.0. The molecule has 0 spiro atoms. The minimum atomic E-state index is -1.08. The zero-order valence-electron chi connectivity index (χ0n) is 12.5. The first-order valence-electron chi connectivity index (χ1n) is 7.20. The second-order valence-electron chi connectivity index (χ2n) is 5.22. The summed E-state index contributed by atoms with van der Waals surface area (Å²) in [5.74, 6) is 0.574. The third-order valence-corrected chi connectivity index (χ3v) is 4.54. The van der Waals surface area contributed by atoms with Crippen molar-refractivity contribution in [2.45, 2.75) is 12.8 Å². The van der Waals surface area contributed by atoms with E-state index in [0.29, 0.717) is 18.7 Å². The second-order valence-corrected chi connectivity index (χ2v) is 6.08. The Morgan fingerprint density at radius 1 is 1.48 bits per heavy atom. The van der Waals surface area contributed by atoms with Crippen molar-refractivity contribution in [3.8, 4) is 5.75 Å². The molecule has 2 amide bonds. The molecule has 3 rings (SSSR count). The second kappa shape index (κ2) is 6.11. The monoisotopic (exact) mass is 381 g/mol. The van der Waals surface area contributed by atoms with Crippen LogP contribution in [0.2, 0.25) is 0 Å². The molecule has 122 valence electrons. The summed E-state index contributed by atoms with van der Waals surface area (Å²) in [6.07, 6.45) is 0.0997. The number of hydrogen-bond acceptors (Lipinski definition) is 3. The van der Waals surface area contributed by atoms with E-state index < -0.39 is 6.09 Å². The van der Waals surface area contributed by atoms with Gasteiger partial charge in [0.1, 0.15) is 11.4 Å². The maximum atomic E-state index is 12.2. The Labute approximate surface area is 140 Å². The lowest BCUT2D eigenvalue weighted by Crippen LogP contribution is -2.25. The Kier molecular flexibility index (Phi) is 4.16. The molecule has 0 aliphatic carbocycles. The number of amides is 2. The molecule has 8 heteroatoms. The number of aromatic nitrogens is 1. The zero-order chi connectivity index (χ0) is 16.6. The lowest BCUT2D eigenvalue weighted by molar-refractivity contribution is 0.0958. The van der Waals surface area contributed by atoms with Gasteiger partial charge in [0.25, 0.3) is 5.91 Å². The molecule has 4 N–H and O–H groups in total. The van der Waals surface area contributed by atoms with Crippen LogP contribution >= 0.6 is 15.9 Å². The van der Waals surface area contributed by atoms with Crippen LogP contribution in [-0.2, 0) is 12.8 Å². The van der Waals surface area contributed by atoms with Gasteiger partial charge in [-0.25, -0.2) is 4.79 Å². The summed E-state index contributed by atoms with van der Waals surface area (Å²) in [5.41, 5.74) is 3.14. The number of hydrogen-bond donors (Lipinski definition) is 4. The van der Waals surface area contributed by atoms with Gasteiger partial charge in [-0.15, -0.1) is 0 Å². The van der Waals surface area contributed by atoms with Gasteiger partial charge in [-0.05, 0) is 34.0 Å². The predicted octanol–water partition coefficient (Wildman–Crippen LogP) is 2.04. The number of carbonyl (C=O) groups is 2. The van der Waals surface area contributed by atoms with Crippen molar-refractivity contribution in [2.24, 2.45) is 0 Å². The van der Waals surface area contributed by atoms with Crippen molar-refractivity contribution in [3.63, 3.8) is 0 Å². The molecule has 1 aliphatic heterocycles. The fraction of sp³-hybridized carbons (Fsp3) is 0.333. The van der Waals surface area contributed by atoms with E-state index in [1.807, 2.05) is 6.07 Å². The number of fused-ring (bicyclic) bond motifs is 3. The smallest absolute Gasteiger partial charge is 0.404 e. The normalized spacial score (nSPS) is 12.8. The van der Waals surface area contributed by atoms with Gasteiger partial charge in [-0.3, -0.25) is 4.79 Å². The van der Waals surface area contributed by atoms with Crippen molar-refractivity contribution in [1.82, 2.24) is 15.6 Å². The van der Waals surface area contributed by atoms with Gasteiger partial charge in [0.2, 0.25) is 0 Å². The molecule has 0 unspecified atom stereocenters. The third kappa shape index (κ3) is 2.74. The molecule has 0 bridgehead atoms. The van der Waals surface area contributed by atoms with Gasteiger partial charge >= 0.3 is 6.09 Å². The van der Waals surface area contributed by atoms with E-state index in [9.17, 15) is 9.59 Å². The largest absolute Gasteiger partial charge is 0.493 e. The average molecular weight is 382 g/mol. The van der Waals surface area contributed by atoms with Crippen molar-refractivity contribution < 1.29 is 19.4 Å². The fourth-order valence-corrected chi connectivity index (χ4v) is 3.46. The number of nitrogens with one attached hydrogen (secondary N) is 3. The summed E-state index contributed by atoms with van der Waals surface area (Å²) in [6.45, 7) is 0.836. The topological polar surface area (TPSA) is 103 Å². The lowest BCUT2D eigenvalue weighted by atomic mass is 10.0. The molecule has 0 radical (unpaired) electrons. The number of carboxylic acid groups (broad SMARTS) is 1. The van der Waals surface area contributed by atoms with E-state index in [1.54, 1.807) is 7.05 Å². The van der Waals surface area contributed by atoms with Crippen molar-refractivity contribution in [2.75, 3.05) is 20.2 Å². The summed E-state index contributed by atoms with van der Waals surface area (Å²) in [4.78, 5) is 26.0. The summed E-state index contributed by atoms with van der Waals surface area (Å²) < 4.78 is 6.44. The predicted molar refractivity (Wildman–Crippen MR) is 88.3 cm³/mol. The molecule has 0 atom stereocenters. The van der Waals surface area contributed by atoms with Gasteiger partial charge in [-0.1, -0.05) is 0 Å². The van der Waals surface area contributed by atoms with E-state index in [-0.39, 0.29) is 12.5 Å².